The third kappa shape index (κ3) is 4.29. The Kier molecular flexibility index (Phi) is 6.08. The minimum atomic E-state index is -0.120. The number of hydrogen-bond donors (Lipinski definition) is 0. The molecule has 1 fully saturated rings. The Morgan fingerprint density at radius 3 is 2.44 bits per heavy atom. The van der Waals surface area contributed by atoms with Crippen molar-refractivity contribution in [1.82, 2.24) is 14.7 Å². The topological polar surface area (TPSA) is 69.7 Å². The number of amides is 1. The van der Waals surface area contributed by atoms with Crippen LogP contribution in [0.15, 0.2) is 77.4 Å². The van der Waals surface area contributed by atoms with Crippen molar-refractivity contribution in [2.75, 3.05) is 7.11 Å². The molecule has 0 N–H and O–H groups in total. The van der Waals surface area contributed by atoms with Crippen LogP contribution in [0.25, 0.3) is 5.69 Å². The van der Waals surface area contributed by atoms with E-state index in [1.807, 2.05) is 64.2 Å². The number of rotatable bonds is 9. The molecule has 0 bridgehead atoms. The molecule has 2 aromatic carbocycles. The van der Waals surface area contributed by atoms with Gasteiger partial charge in [0.2, 0.25) is 5.88 Å². The van der Waals surface area contributed by atoms with Crippen LogP contribution in [0, 0.1) is 0 Å². The zero-order valence-electron chi connectivity index (χ0n) is 19.3. The molecule has 7 nitrogen and oxygen atoms in total. The SMILES string of the molecule is CCc1nn(-c2ccccc2)c(Oc2ccccc2OC)c1CN(C(=O)c1ccco1)C1CC1. The van der Waals surface area contributed by atoms with Crippen molar-refractivity contribution in [2.45, 2.75) is 38.8 Å². The van der Waals surface area contributed by atoms with Crippen molar-refractivity contribution in [2.24, 2.45) is 0 Å². The van der Waals surface area contributed by atoms with E-state index in [4.69, 9.17) is 19.0 Å². The first-order chi connectivity index (χ1) is 16.7. The highest BCUT2D eigenvalue weighted by molar-refractivity contribution is 5.92. The van der Waals surface area contributed by atoms with E-state index >= 15 is 0 Å². The summed E-state index contributed by atoms with van der Waals surface area (Å²) in [5, 5.41) is 4.89. The normalized spacial score (nSPS) is 13.0. The molecule has 174 valence electrons. The summed E-state index contributed by atoms with van der Waals surface area (Å²) in [6.45, 7) is 2.44. The molecule has 4 aromatic rings. The predicted octanol–water partition coefficient (Wildman–Crippen LogP) is 5.63. The van der Waals surface area contributed by atoms with E-state index in [9.17, 15) is 4.79 Å². The van der Waals surface area contributed by atoms with E-state index in [1.165, 1.54) is 6.26 Å². The lowest BCUT2D eigenvalue weighted by atomic mass is 10.1. The van der Waals surface area contributed by atoms with E-state index in [-0.39, 0.29) is 11.9 Å². The first-order valence-electron chi connectivity index (χ1n) is 11.5. The van der Waals surface area contributed by atoms with Crippen LogP contribution in [0.4, 0.5) is 0 Å². The summed E-state index contributed by atoms with van der Waals surface area (Å²) < 4.78 is 19.2. The Labute approximate surface area is 198 Å². The molecule has 7 heteroatoms. The second-order valence-corrected chi connectivity index (χ2v) is 8.23. The Balaban J connectivity index is 1.60. The third-order valence-corrected chi connectivity index (χ3v) is 5.94. The highest BCUT2D eigenvalue weighted by Crippen LogP contribution is 2.38. The molecule has 1 aliphatic rings. The van der Waals surface area contributed by atoms with Crippen molar-refractivity contribution >= 4 is 5.91 Å². The van der Waals surface area contributed by atoms with Gasteiger partial charge in [0.05, 0.1) is 36.9 Å². The Morgan fingerprint density at radius 2 is 1.79 bits per heavy atom. The molecule has 0 saturated heterocycles. The lowest BCUT2D eigenvalue weighted by Gasteiger charge is -2.22. The Bertz CT molecular complexity index is 1260. The number of furan rings is 1. The largest absolute Gasteiger partial charge is 0.493 e. The van der Waals surface area contributed by atoms with Crippen molar-refractivity contribution in [3.63, 3.8) is 0 Å². The summed E-state index contributed by atoms with van der Waals surface area (Å²) in [6, 6.07) is 21.0. The van der Waals surface area contributed by atoms with Crippen LogP contribution >= 0.6 is 0 Å². The molecule has 2 heterocycles. The predicted molar refractivity (Wildman–Crippen MR) is 128 cm³/mol. The van der Waals surface area contributed by atoms with Crippen LogP contribution in [0.2, 0.25) is 0 Å². The molecule has 34 heavy (non-hydrogen) atoms. The quantitative estimate of drug-likeness (QED) is 0.326. The molecule has 0 unspecified atom stereocenters. The van der Waals surface area contributed by atoms with Gasteiger partial charge in [0.1, 0.15) is 0 Å². The summed E-state index contributed by atoms with van der Waals surface area (Å²) in [6.07, 6.45) is 4.18. The van der Waals surface area contributed by atoms with Gasteiger partial charge < -0.3 is 18.8 Å². The molecule has 2 aromatic heterocycles. The maximum absolute atomic E-state index is 13.3. The number of benzene rings is 2. The van der Waals surface area contributed by atoms with Gasteiger partial charge in [-0.05, 0) is 55.7 Å². The van der Waals surface area contributed by atoms with Crippen molar-refractivity contribution in [1.29, 1.82) is 0 Å². The molecule has 0 radical (unpaired) electrons. The van der Waals surface area contributed by atoms with Crippen LogP contribution < -0.4 is 9.47 Å². The van der Waals surface area contributed by atoms with Gasteiger partial charge >= 0.3 is 0 Å². The maximum atomic E-state index is 13.3. The van der Waals surface area contributed by atoms with E-state index < -0.39 is 0 Å². The smallest absolute Gasteiger partial charge is 0.290 e. The lowest BCUT2D eigenvalue weighted by molar-refractivity contribution is 0.0696. The molecular weight excluding hydrogens is 430 g/mol. The minimum absolute atomic E-state index is 0.120. The monoisotopic (exact) mass is 457 g/mol. The number of aryl methyl sites for hydroxylation is 1. The fourth-order valence-corrected chi connectivity index (χ4v) is 4.04. The lowest BCUT2D eigenvalue weighted by Crippen LogP contribution is -2.32. The van der Waals surface area contributed by atoms with Gasteiger partial charge in [0.15, 0.2) is 17.3 Å². The van der Waals surface area contributed by atoms with Crippen LogP contribution in [0.5, 0.6) is 17.4 Å². The first kappa shape index (κ1) is 21.8. The number of hydrogen-bond acceptors (Lipinski definition) is 5. The summed E-state index contributed by atoms with van der Waals surface area (Å²) in [4.78, 5) is 15.2. The molecule has 5 rings (SSSR count). The molecule has 1 saturated carbocycles. The van der Waals surface area contributed by atoms with Gasteiger partial charge in [0.25, 0.3) is 5.91 Å². The number of carbonyl (C=O) groups is 1. The molecule has 1 aliphatic carbocycles. The van der Waals surface area contributed by atoms with Crippen molar-refractivity contribution in [3.05, 3.63) is 90.0 Å². The van der Waals surface area contributed by atoms with Gasteiger partial charge in [0, 0.05) is 6.04 Å². The maximum Gasteiger partial charge on any atom is 0.290 e. The standard InChI is InChI=1S/C27H27N3O4/c1-3-22-21(18-29(19-15-16-19)26(31)25-14-9-17-33-25)27(30(28-22)20-10-5-4-6-11-20)34-24-13-8-7-12-23(24)32-2/h4-14,17,19H,3,15-16,18H2,1-2H3. The molecular formula is C27H27N3O4. The second-order valence-electron chi connectivity index (χ2n) is 8.23. The highest BCUT2D eigenvalue weighted by Gasteiger charge is 2.36. The van der Waals surface area contributed by atoms with Gasteiger partial charge in [-0.1, -0.05) is 37.3 Å². The number of aromatic nitrogens is 2. The molecule has 1 amide bonds. The second kappa shape index (κ2) is 9.47. The van der Waals surface area contributed by atoms with Crippen molar-refractivity contribution < 1.29 is 18.7 Å². The number of methoxy groups -OCH3 is 1. The van der Waals surface area contributed by atoms with E-state index in [0.717, 1.165) is 29.8 Å². The van der Waals surface area contributed by atoms with Gasteiger partial charge in [-0.3, -0.25) is 4.79 Å². The summed E-state index contributed by atoms with van der Waals surface area (Å²) >= 11 is 0. The van der Waals surface area contributed by atoms with Crippen LogP contribution in [0.3, 0.4) is 0 Å². The highest BCUT2D eigenvalue weighted by atomic mass is 16.5. The van der Waals surface area contributed by atoms with Crippen LogP contribution in [0.1, 0.15) is 41.6 Å². The first-order valence-corrected chi connectivity index (χ1v) is 11.5. The van der Waals surface area contributed by atoms with E-state index in [0.29, 0.717) is 36.1 Å². The number of para-hydroxylation sites is 3. The van der Waals surface area contributed by atoms with E-state index in [2.05, 4.69) is 6.92 Å². The fourth-order valence-electron chi connectivity index (χ4n) is 4.04. The average molecular weight is 458 g/mol. The minimum Gasteiger partial charge on any atom is -0.493 e. The number of nitrogens with zero attached hydrogens (tertiary/aromatic N) is 3. The zero-order valence-corrected chi connectivity index (χ0v) is 19.3. The summed E-state index contributed by atoms with van der Waals surface area (Å²) in [7, 11) is 1.62. The Hall–Kier alpha value is -4.00. The van der Waals surface area contributed by atoms with Gasteiger partial charge in [-0.15, -0.1) is 0 Å². The average Bonchev–Trinajstić information content (AvgIpc) is 3.45. The van der Waals surface area contributed by atoms with Crippen LogP contribution in [-0.4, -0.2) is 33.7 Å². The summed E-state index contributed by atoms with van der Waals surface area (Å²) in [5.41, 5.74) is 2.64. The zero-order chi connectivity index (χ0) is 23.5. The number of ether oxygens (including phenoxy) is 2. The Morgan fingerprint density at radius 1 is 1.06 bits per heavy atom. The van der Waals surface area contributed by atoms with Gasteiger partial charge in [-0.2, -0.15) is 5.10 Å². The van der Waals surface area contributed by atoms with Crippen molar-refractivity contribution in [3.8, 4) is 23.1 Å². The van der Waals surface area contributed by atoms with Crippen LogP contribution in [-0.2, 0) is 13.0 Å². The van der Waals surface area contributed by atoms with Gasteiger partial charge in [-0.25, -0.2) is 4.68 Å². The molecule has 0 spiro atoms. The third-order valence-electron chi connectivity index (χ3n) is 5.94. The molecule has 0 atom stereocenters. The van der Waals surface area contributed by atoms with E-state index in [1.54, 1.807) is 19.2 Å². The summed E-state index contributed by atoms with van der Waals surface area (Å²) in [5.74, 6) is 2.00. The fraction of sp³-hybridized carbons (Fsp3) is 0.259. The molecule has 0 aliphatic heterocycles. The number of carbonyl (C=O) groups excluding carboxylic acids is 1.